The van der Waals surface area contributed by atoms with Gasteiger partial charge in [0.15, 0.2) is 7.71 Å². The van der Waals surface area contributed by atoms with Crippen LogP contribution in [0, 0.1) is 13.8 Å². The third kappa shape index (κ3) is 1.42. The monoisotopic (exact) mass is 190 g/mol. The van der Waals surface area contributed by atoms with Gasteiger partial charge in [0.2, 0.25) is 0 Å². The molecule has 0 amide bonds. The molecule has 0 aliphatic rings. The van der Waals surface area contributed by atoms with Crippen molar-refractivity contribution in [2.45, 2.75) is 13.8 Å². The molecule has 0 N–H and O–H groups in total. The third-order valence-electron chi connectivity index (χ3n) is 1.61. The fraction of sp³-hybridized carbons (Fsp3) is 0.286. The molecule has 0 nitrogen and oxygen atoms in total. The van der Waals surface area contributed by atoms with Crippen LogP contribution in [-0.2, 0) is 0 Å². The van der Waals surface area contributed by atoms with E-state index in [2.05, 4.69) is 0 Å². The lowest BCUT2D eigenvalue weighted by molar-refractivity contribution is 1.37. The van der Waals surface area contributed by atoms with Crippen molar-refractivity contribution in [1.29, 1.82) is 0 Å². The first-order valence-electron chi connectivity index (χ1n) is 3.04. The van der Waals surface area contributed by atoms with Crippen molar-refractivity contribution in [3.63, 3.8) is 0 Å². The molecular weight excluding hydrogens is 183 g/mol. The van der Waals surface area contributed by atoms with Crippen LogP contribution in [0.25, 0.3) is 0 Å². The van der Waals surface area contributed by atoms with Crippen molar-refractivity contribution in [3.8, 4) is 0 Å². The molecule has 3 heteroatoms. The molecule has 10 heavy (non-hydrogen) atoms. The molecule has 1 rings (SSSR count). The highest BCUT2D eigenvalue weighted by molar-refractivity contribution is 7.05. The van der Waals surface area contributed by atoms with Crippen LogP contribution < -0.4 is 0 Å². The van der Waals surface area contributed by atoms with Crippen molar-refractivity contribution in [1.82, 2.24) is 0 Å². The molecular formula is C7H8Cl2Si. The molecule has 0 atom stereocenters. The summed E-state index contributed by atoms with van der Waals surface area (Å²) in [5.74, 6) is 0. The summed E-state index contributed by atoms with van der Waals surface area (Å²) in [7, 11) is -1.04. The topological polar surface area (TPSA) is 0 Å². The molecule has 0 radical (unpaired) electrons. The van der Waals surface area contributed by atoms with Crippen molar-refractivity contribution < 1.29 is 0 Å². The Bertz CT molecular complexity index is 231. The van der Waals surface area contributed by atoms with Crippen LogP contribution in [0.5, 0.6) is 0 Å². The van der Waals surface area contributed by atoms with Crippen LogP contribution in [-0.4, -0.2) is 7.71 Å². The van der Waals surface area contributed by atoms with Gasteiger partial charge in [0, 0.05) is 4.63 Å². The maximum absolute atomic E-state index is 5.94. The average molecular weight is 191 g/mol. The highest BCUT2D eigenvalue weighted by Crippen LogP contribution is 2.18. The Morgan fingerprint density at radius 3 is 2.50 bits per heavy atom. The molecule has 0 spiro atoms. The standard InChI is InChI=1S/C7H8Cl2Si/c1-5-3-4-10(9)7(8)6(5)2/h3-4H,1-2H3. The number of hydrogen-bond acceptors (Lipinski definition) is 0. The van der Waals surface area contributed by atoms with Crippen LogP contribution in [0.2, 0.25) is 4.63 Å². The molecule has 0 aromatic carbocycles. The molecule has 0 unspecified atom stereocenters. The van der Waals surface area contributed by atoms with Gasteiger partial charge in [-0.2, -0.15) is 0 Å². The molecule has 1 aromatic rings. The fourth-order valence-corrected chi connectivity index (χ4v) is 2.80. The van der Waals surface area contributed by atoms with Crippen molar-refractivity contribution in [3.05, 3.63) is 27.5 Å². The van der Waals surface area contributed by atoms with Crippen molar-refractivity contribution >= 4 is 30.4 Å². The Hall–Kier alpha value is 0.147. The molecule has 0 saturated carbocycles. The maximum Gasteiger partial charge on any atom is 0.171 e. The first-order chi connectivity index (χ1) is 4.63. The molecule has 0 saturated heterocycles. The van der Waals surface area contributed by atoms with Gasteiger partial charge in [-0.05, 0) is 25.0 Å². The van der Waals surface area contributed by atoms with E-state index < -0.39 is 7.71 Å². The smallest absolute Gasteiger partial charge is 0.132 e. The van der Waals surface area contributed by atoms with Gasteiger partial charge in [0.05, 0.1) is 0 Å². The summed E-state index contributed by atoms with van der Waals surface area (Å²) < 4.78 is 0.853. The average Bonchev–Trinajstić information content (AvgIpc) is 1.93. The van der Waals surface area contributed by atoms with E-state index in [-0.39, 0.29) is 0 Å². The molecule has 1 heterocycles. The SMILES string of the molecule is Cc1cc[si](Cl)c(Cl)c1C. The van der Waals surface area contributed by atoms with Crippen LogP contribution in [0.1, 0.15) is 11.1 Å². The quantitative estimate of drug-likeness (QED) is 0.436. The number of hydrogen-bond donors (Lipinski definition) is 0. The highest BCUT2D eigenvalue weighted by atomic mass is 35.6. The zero-order valence-electron chi connectivity index (χ0n) is 5.91. The fourth-order valence-electron chi connectivity index (χ4n) is 0.749. The molecule has 0 aliphatic carbocycles. The minimum atomic E-state index is -1.04. The zero-order chi connectivity index (χ0) is 7.72. The van der Waals surface area contributed by atoms with Crippen molar-refractivity contribution in [2.24, 2.45) is 0 Å². The summed E-state index contributed by atoms with van der Waals surface area (Å²) >= 11 is 11.9. The van der Waals surface area contributed by atoms with Crippen LogP contribution in [0.4, 0.5) is 0 Å². The van der Waals surface area contributed by atoms with Gasteiger partial charge in [-0.3, -0.25) is 0 Å². The summed E-state index contributed by atoms with van der Waals surface area (Å²) in [5.41, 5.74) is 4.36. The number of rotatable bonds is 0. The van der Waals surface area contributed by atoms with E-state index in [4.69, 9.17) is 22.7 Å². The van der Waals surface area contributed by atoms with Crippen molar-refractivity contribution in [2.75, 3.05) is 0 Å². The van der Waals surface area contributed by atoms with E-state index in [9.17, 15) is 0 Å². The summed E-state index contributed by atoms with van der Waals surface area (Å²) in [5, 5.41) is 0. The Kier molecular flexibility index (Phi) is 2.50. The minimum Gasteiger partial charge on any atom is -0.132 e. The zero-order valence-corrected chi connectivity index (χ0v) is 8.42. The van der Waals surface area contributed by atoms with E-state index in [0.717, 1.165) is 10.2 Å². The first-order valence-corrected chi connectivity index (χ1v) is 6.01. The Balaban J connectivity index is 3.34. The minimum absolute atomic E-state index is 0.853. The van der Waals surface area contributed by atoms with E-state index in [1.165, 1.54) is 5.56 Å². The van der Waals surface area contributed by atoms with Gasteiger partial charge >= 0.3 is 0 Å². The number of aryl methyl sites for hydroxylation is 1. The summed E-state index contributed by atoms with van der Waals surface area (Å²) in [6.45, 7) is 4.05. The van der Waals surface area contributed by atoms with Gasteiger partial charge in [-0.15, -0.1) is 11.1 Å². The normalized spacial score (nSPS) is 10.0. The van der Waals surface area contributed by atoms with Crippen LogP contribution in [0.3, 0.4) is 0 Å². The van der Waals surface area contributed by atoms with Gasteiger partial charge in [0.25, 0.3) is 0 Å². The lowest BCUT2D eigenvalue weighted by atomic mass is 10.2. The predicted octanol–water partition coefficient (Wildman–Crippen LogP) is 2.98. The Morgan fingerprint density at radius 2 is 2.00 bits per heavy atom. The Morgan fingerprint density at radius 1 is 1.40 bits per heavy atom. The maximum atomic E-state index is 5.94. The summed E-state index contributed by atoms with van der Waals surface area (Å²) in [6, 6.07) is 2.04. The molecule has 1 aromatic heterocycles. The molecule has 0 fully saturated rings. The lowest BCUT2D eigenvalue weighted by Gasteiger charge is -2.02. The van der Waals surface area contributed by atoms with Gasteiger partial charge in [-0.1, -0.05) is 23.3 Å². The number of halogens is 2. The summed E-state index contributed by atoms with van der Waals surface area (Å²) in [6.07, 6.45) is 0. The summed E-state index contributed by atoms with van der Waals surface area (Å²) in [4.78, 5) is 0. The van der Waals surface area contributed by atoms with Gasteiger partial charge in [0.1, 0.15) is 0 Å². The van der Waals surface area contributed by atoms with E-state index in [0.29, 0.717) is 0 Å². The second-order valence-corrected chi connectivity index (χ2v) is 5.75. The molecule has 0 bridgehead atoms. The van der Waals surface area contributed by atoms with Gasteiger partial charge < -0.3 is 0 Å². The second kappa shape index (κ2) is 3.03. The van der Waals surface area contributed by atoms with Crippen LogP contribution >= 0.6 is 22.7 Å². The lowest BCUT2D eigenvalue weighted by Crippen LogP contribution is -1.92. The van der Waals surface area contributed by atoms with E-state index in [1.54, 1.807) is 0 Å². The largest absolute Gasteiger partial charge is 0.171 e. The highest BCUT2D eigenvalue weighted by Gasteiger charge is 2.02. The first kappa shape index (κ1) is 8.25. The van der Waals surface area contributed by atoms with E-state index in [1.807, 2.05) is 25.6 Å². The predicted molar refractivity (Wildman–Crippen MR) is 48.1 cm³/mol. The van der Waals surface area contributed by atoms with E-state index >= 15 is 0 Å². The van der Waals surface area contributed by atoms with Gasteiger partial charge in [-0.25, -0.2) is 0 Å². The second-order valence-electron chi connectivity index (χ2n) is 2.30. The Labute approximate surface area is 72.0 Å². The molecule has 0 aliphatic heterocycles. The van der Waals surface area contributed by atoms with Crippen LogP contribution in [0.15, 0.2) is 11.7 Å². The third-order valence-corrected chi connectivity index (χ3v) is 4.99. The molecule has 54 valence electrons.